The summed E-state index contributed by atoms with van der Waals surface area (Å²) in [5, 5.41) is 0. The van der Waals surface area contributed by atoms with E-state index in [1.54, 1.807) is 0 Å². The van der Waals surface area contributed by atoms with Gasteiger partial charge in [0, 0.05) is 5.92 Å². The van der Waals surface area contributed by atoms with Gasteiger partial charge in [0.1, 0.15) is 0 Å². The van der Waals surface area contributed by atoms with Crippen molar-refractivity contribution in [2.75, 3.05) is 0 Å². The molecule has 1 nitrogen and oxygen atoms in total. The van der Waals surface area contributed by atoms with Crippen LogP contribution in [0.3, 0.4) is 0 Å². The Bertz CT molecular complexity index is 240. The van der Waals surface area contributed by atoms with E-state index in [4.69, 9.17) is 0 Å². The van der Waals surface area contributed by atoms with E-state index in [1.165, 1.54) is 5.57 Å². The second-order valence-electron chi connectivity index (χ2n) is 4.89. The van der Waals surface area contributed by atoms with Gasteiger partial charge in [-0.2, -0.15) is 0 Å². The monoisotopic (exact) mass is 166 g/mol. The highest BCUT2D eigenvalue weighted by Gasteiger charge is 2.36. The molecule has 0 saturated carbocycles. The fraction of sp³-hybridized carbons (Fsp3) is 0.727. The summed E-state index contributed by atoms with van der Waals surface area (Å²) in [4.78, 5) is 11.7. The van der Waals surface area contributed by atoms with Gasteiger partial charge in [-0.25, -0.2) is 0 Å². The van der Waals surface area contributed by atoms with Crippen LogP contribution in [0, 0.1) is 11.3 Å². The molecule has 1 aliphatic rings. The van der Waals surface area contributed by atoms with Crippen molar-refractivity contribution in [3.05, 3.63) is 11.1 Å². The molecule has 0 amide bonds. The fourth-order valence-corrected chi connectivity index (χ4v) is 1.72. The van der Waals surface area contributed by atoms with Gasteiger partial charge in [0.25, 0.3) is 0 Å². The van der Waals surface area contributed by atoms with E-state index >= 15 is 0 Å². The molecule has 0 aliphatic heterocycles. The van der Waals surface area contributed by atoms with E-state index in [0.29, 0.717) is 5.78 Å². The first-order chi connectivity index (χ1) is 5.34. The molecule has 1 heteroatoms. The third kappa shape index (κ3) is 1.45. The van der Waals surface area contributed by atoms with Crippen molar-refractivity contribution in [3.63, 3.8) is 0 Å². The van der Waals surface area contributed by atoms with Crippen LogP contribution < -0.4 is 0 Å². The summed E-state index contributed by atoms with van der Waals surface area (Å²) in [5.41, 5.74) is 2.39. The topological polar surface area (TPSA) is 17.1 Å². The number of Topliss-reactive ketones (excluding diaryl/α,β-unsaturated/α-hetero) is 1. The van der Waals surface area contributed by atoms with Crippen molar-refractivity contribution in [1.82, 2.24) is 0 Å². The predicted octanol–water partition coefficient (Wildman–Crippen LogP) is 2.96. The van der Waals surface area contributed by atoms with E-state index in [1.807, 2.05) is 6.92 Å². The minimum Gasteiger partial charge on any atom is -0.294 e. The van der Waals surface area contributed by atoms with E-state index in [2.05, 4.69) is 27.7 Å². The lowest BCUT2D eigenvalue weighted by atomic mass is 9.78. The van der Waals surface area contributed by atoms with Crippen molar-refractivity contribution < 1.29 is 4.79 Å². The molecule has 1 atom stereocenters. The Kier molecular flexibility index (Phi) is 2.15. The molecule has 0 aromatic rings. The maximum atomic E-state index is 11.7. The lowest BCUT2D eigenvalue weighted by Crippen LogP contribution is -2.25. The Morgan fingerprint density at radius 1 is 1.25 bits per heavy atom. The van der Waals surface area contributed by atoms with E-state index < -0.39 is 0 Å². The summed E-state index contributed by atoms with van der Waals surface area (Å²) < 4.78 is 0. The zero-order valence-electron chi connectivity index (χ0n) is 8.69. The molecule has 12 heavy (non-hydrogen) atoms. The summed E-state index contributed by atoms with van der Waals surface area (Å²) in [6.07, 6.45) is 0.966. The van der Waals surface area contributed by atoms with E-state index in [9.17, 15) is 4.79 Å². The number of hydrogen-bond donors (Lipinski definition) is 0. The van der Waals surface area contributed by atoms with Gasteiger partial charge < -0.3 is 0 Å². The second kappa shape index (κ2) is 2.72. The number of hydrogen-bond acceptors (Lipinski definition) is 1. The highest BCUT2D eigenvalue weighted by molar-refractivity contribution is 6.00. The molecule has 1 unspecified atom stereocenters. The Hall–Kier alpha value is -0.590. The largest absolute Gasteiger partial charge is 0.294 e. The van der Waals surface area contributed by atoms with Crippen molar-refractivity contribution in [3.8, 4) is 0 Å². The van der Waals surface area contributed by atoms with Crippen LogP contribution in [0.1, 0.15) is 41.0 Å². The molecule has 0 saturated heterocycles. The zero-order chi connectivity index (χ0) is 9.52. The summed E-state index contributed by atoms with van der Waals surface area (Å²) in [6.45, 7) is 10.4. The van der Waals surface area contributed by atoms with Crippen LogP contribution in [-0.4, -0.2) is 5.78 Å². The highest BCUT2D eigenvalue weighted by atomic mass is 16.1. The number of carbonyl (C=O) groups is 1. The highest BCUT2D eigenvalue weighted by Crippen LogP contribution is 2.39. The SMILES string of the molecule is CC1=C(C)C(=O)C(C(C)(C)C)C1. The maximum Gasteiger partial charge on any atom is 0.162 e. The van der Waals surface area contributed by atoms with Crippen molar-refractivity contribution in [2.24, 2.45) is 11.3 Å². The maximum absolute atomic E-state index is 11.7. The first-order valence-corrected chi connectivity index (χ1v) is 4.54. The zero-order valence-corrected chi connectivity index (χ0v) is 8.69. The smallest absolute Gasteiger partial charge is 0.162 e. The molecule has 1 aliphatic carbocycles. The van der Waals surface area contributed by atoms with Crippen molar-refractivity contribution in [2.45, 2.75) is 41.0 Å². The van der Waals surface area contributed by atoms with Crippen LogP contribution in [-0.2, 0) is 4.79 Å². The molecule has 68 valence electrons. The normalized spacial score (nSPS) is 25.4. The van der Waals surface area contributed by atoms with Gasteiger partial charge >= 0.3 is 0 Å². The predicted molar refractivity (Wildman–Crippen MR) is 50.9 cm³/mol. The molecular weight excluding hydrogens is 148 g/mol. The second-order valence-corrected chi connectivity index (χ2v) is 4.89. The number of rotatable bonds is 0. The van der Waals surface area contributed by atoms with Gasteiger partial charge in [0.15, 0.2) is 5.78 Å². The average Bonchev–Trinajstić information content (AvgIpc) is 2.15. The third-order valence-corrected chi connectivity index (χ3v) is 2.88. The van der Waals surface area contributed by atoms with Crippen LogP contribution in [0.25, 0.3) is 0 Å². The minimum absolute atomic E-state index is 0.121. The summed E-state index contributed by atoms with van der Waals surface area (Å²) >= 11 is 0. The van der Waals surface area contributed by atoms with Crippen LogP contribution in [0.2, 0.25) is 0 Å². The molecule has 0 aromatic carbocycles. The molecule has 0 bridgehead atoms. The third-order valence-electron chi connectivity index (χ3n) is 2.88. The Labute approximate surface area is 74.9 Å². The Morgan fingerprint density at radius 2 is 1.75 bits per heavy atom. The lowest BCUT2D eigenvalue weighted by molar-refractivity contribution is -0.121. The standard InChI is InChI=1S/C11H18O/c1-7-6-9(11(3,4)5)10(12)8(7)2/h9H,6H2,1-5H3. The van der Waals surface area contributed by atoms with Crippen LogP contribution in [0.5, 0.6) is 0 Å². The minimum atomic E-state index is 0.121. The van der Waals surface area contributed by atoms with Crippen LogP contribution in [0.15, 0.2) is 11.1 Å². The molecular formula is C11H18O. The Morgan fingerprint density at radius 3 is 1.92 bits per heavy atom. The van der Waals surface area contributed by atoms with Crippen molar-refractivity contribution in [1.29, 1.82) is 0 Å². The molecule has 0 aromatic heterocycles. The molecule has 0 heterocycles. The number of ketones is 1. The average molecular weight is 166 g/mol. The first kappa shape index (κ1) is 9.50. The fourth-order valence-electron chi connectivity index (χ4n) is 1.72. The summed E-state index contributed by atoms with van der Waals surface area (Å²) in [7, 11) is 0. The first-order valence-electron chi connectivity index (χ1n) is 4.54. The van der Waals surface area contributed by atoms with Crippen LogP contribution >= 0.6 is 0 Å². The van der Waals surface area contributed by atoms with Gasteiger partial charge in [0.2, 0.25) is 0 Å². The molecule has 0 spiro atoms. The van der Waals surface area contributed by atoms with Gasteiger partial charge in [-0.3, -0.25) is 4.79 Å². The quantitative estimate of drug-likeness (QED) is 0.540. The lowest BCUT2D eigenvalue weighted by Gasteiger charge is -2.25. The Balaban J connectivity index is 2.88. The van der Waals surface area contributed by atoms with E-state index in [-0.39, 0.29) is 11.3 Å². The summed E-state index contributed by atoms with van der Waals surface area (Å²) in [6, 6.07) is 0. The summed E-state index contributed by atoms with van der Waals surface area (Å²) in [5.74, 6) is 0.581. The molecule has 0 radical (unpaired) electrons. The van der Waals surface area contributed by atoms with Gasteiger partial charge in [-0.1, -0.05) is 26.3 Å². The molecule has 1 rings (SSSR count). The van der Waals surface area contributed by atoms with Crippen molar-refractivity contribution >= 4 is 5.78 Å². The van der Waals surface area contributed by atoms with E-state index in [0.717, 1.165) is 12.0 Å². The van der Waals surface area contributed by atoms with Gasteiger partial charge in [-0.15, -0.1) is 0 Å². The number of allylic oxidation sites excluding steroid dienone is 2. The molecule has 0 fully saturated rings. The number of carbonyl (C=O) groups excluding carboxylic acids is 1. The van der Waals surface area contributed by atoms with Gasteiger partial charge in [-0.05, 0) is 31.3 Å². The molecule has 0 N–H and O–H groups in total. The van der Waals surface area contributed by atoms with Gasteiger partial charge in [0.05, 0.1) is 0 Å². The van der Waals surface area contributed by atoms with Crippen LogP contribution in [0.4, 0.5) is 0 Å².